The maximum absolute atomic E-state index is 12.9. The fourth-order valence-electron chi connectivity index (χ4n) is 3.26. The topological polar surface area (TPSA) is 108 Å². The molecule has 2 aromatic rings. The Kier molecular flexibility index (Phi) is 7.37. The molecule has 30 heavy (non-hydrogen) atoms. The van der Waals surface area contributed by atoms with Gasteiger partial charge in [0.05, 0.1) is 10.1 Å². The van der Waals surface area contributed by atoms with Crippen molar-refractivity contribution in [2.45, 2.75) is 48.5 Å². The molecule has 2 heterocycles. The number of sulfonamides is 1. The number of aromatic nitrogens is 3. The molecule has 1 saturated heterocycles. The molecule has 1 N–H and O–H groups in total. The Hall–Kier alpha value is -2.11. The van der Waals surface area contributed by atoms with E-state index in [0.29, 0.717) is 24.8 Å². The smallest absolute Gasteiger partial charge is 0.339 e. The van der Waals surface area contributed by atoms with Gasteiger partial charge in [0, 0.05) is 32.7 Å². The zero-order chi connectivity index (χ0) is 21.7. The number of nitrogens with one attached hydrogen (secondary N) is 1. The molecule has 0 aliphatic carbocycles. The number of H-pyrrole nitrogens is 1. The fourth-order valence-corrected chi connectivity index (χ4v) is 5.67. The van der Waals surface area contributed by atoms with Crippen LogP contribution in [0.1, 0.15) is 26.7 Å². The molecule has 0 bridgehead atoms. The first-order chi connectivity index (χ1) is 14.3. The number of thioether (sulfide) groups is 1. The zero-order valence-corrected chi connectivity index (χ0v) is 18.8. The first-order valence-corrected chi connectivity index (χ1v) is 12.3. The minimum Gasteiger partial charge on any atom is -0.339 e. The Morgan fingerprint density at radius 2 is 1.87 bits per heavy atom. The summed E-state index contributed by atoms with van der Waals surface area (Å²) in [5, 5.41) is 6.56. The third-order valence-corrected chi connectivity index (χ3v) is 8.01. The van der Waals surface area contributed by atoms with Gasteiger partial charge in [-0.25, -0.2) is 18.3 Å². The lowest BCUT2D eigenvalue weighted by atomic mass is 10.3. The van der Waals surface area contributed by atoms with E-state index in [-0.39, 0.29) is 29.6 Å². The molecule has 9 nitrogen and oxygen atoms in total. The largest absolute Gasteiger partial charge is 0.343 e. The van der Waals surface area contributed by atoms with Crippen molar-refractivity contribution in [3.63, 3.8) is 0 Å². The second-order valence-electron chi connectivity index (χ2n) is 7.12. The van der Waals surface area contributed by atoms with Gasteiger partial charge in [-0.3, -0.25) is 9.36 Å². The number of aromatic amines is 1. The van der Waals surface area contributed by atoms with Crippen LogP contribution in [0, 0.1) is 0 Å². The van der Waals surface area contributed by atoms with Gasteiger partial charge >= 0.3 is 5.69 Å². The summed E-state index contributed by atoms with van der Waals surface area (Å²) in [5.74, 6) is -0.0887. The molecule has 0 saturated carbocycles. The highest BCUT2D eigenvalue weighted by atomic mass is 32.2. The second-order valence-corrected chi connectivity index (χ2v) is 10.4. The molecule has 164 valence electrons. The van der Waals surface area contributed by atoms with E-state index in [0.717, 1.165) is 12.8 Å². The van der Waals surface area contributed by atoms with Gasteiger partial charge in [-0.2, -0.15) is 4.31 Å². The number of piperazine rings is 1. The van der Waals surface area contributed by atoms with E-state index >= 15 is 0 Å². The van der Waals surface area contributed by atoms with Crippen molar-refractivity contribution >= 4 is 27.7 Å². The third-order valence-electron chi connectivity index (χ3n) is 5.02. The average Bonchev–Trinajstić information content (AvgIpc) is 3.11. The van der Waals surface area contributed by atoms with Crippen molar-refractivity contribution in [2.75, 3.05) is 26.2 Å². The molecule has 1 aliphatic rings. The minimum absolute atomic E-state index is 0.0887. The van der Waals surface area contributed by atoms with E-state index in [1.807, 2.05) is 6.92 Å². The van der Waals surface area contributed by atoms with Crippen molar-refractivity contribution in [3.8, 4) is 0 Å². The Morgan fingerprint density at radius 1 is 1.20 bits per heavy atom. The number of carbonyl (C=O) groups is 1. The number of amides is 1. The number of nitrogens with zero attached hydrogens (tertiary/aromatic N) is 4. The van der Waals surface area contributed by atoms with E-state index in [9.17, 15) is 18.0 Å². The molecule has 1 atom stereocenters. The third kappa shape index (κ3) is 4.96. The van der Waals surface area contributed by atoms with Crippen LogP contribution in [-0.2, 0) is 21.4 Å². The van der Waals surface area contributed by atoms with Gasteiger partial charge in [-0.15, -0.1) is 5.10 Å². The number of carbonyl (C=O) groups excluding carboxylic acids is 1. The summed E-state index contributed by atoms with van der Waals surface area (Å²) in [4.78, 5) is 26.7. The van der Waals surface area contributed by atoms with Crippen molar-refractivity contribution in [1.82, 2.24) is 24.0 Å². The van der Waals surface area contributed by atoms with E-state index in [1.54, 1.807) is 46.7 Å². The van der Waals surface area contributed by atoms with Gasteiger partial charge in [-0.1, -0.05) is 43.3 Å². The summed E-state index contributed by atoms with van der Waals surface area (Å²) in [5.41, 5.74) is -0.273. The molecule has 3 rings (SSSR count). The summed E-state index contributed by atoms with van der Waals surface area (Å²) in [6, 6.07) is 8.32. The molecule has 0 spiro atoms. The molecule has 1 aromatic carbocycles. The molecule has 1 fully saturated rings. The first-order valence-electron chi connectivity index (χ1n) is 10.0. The summed E-state index contributed by atoms with van der Waals surface area (Å²) in [6.45, 7) is 5.56. The number of hydrogen-bond acceptors (Lipinski definition) is 6. The number of unbranched alkanes of at least 4 members (excludes halogenated alkanes) is 1. The molecule has 0 radical (unpaired) electrons. The Labute approximate surface area is 180 Å². The molecular weight excluding hydrogens is 426 g/mol. The number of benzene rings is 1. The van der Waals surface area contributed by atoms with Gasteiger partial charge in [-0.05, 0) is 25.5 Å². The summed E-state index contributed by atoms with van der Waals surface area (Å²) < 4.78 is 28.5. The highest BCUT2D eigenvalue weighted by Gasteiger charge is 2.32. The van der Waals surface area contributed by atoms with E-state index in [4.69, 9.17) is 0 Å². The van der Waals surface area contributed by atoms with Crippen LogP contribution in [0.4, 0.5) is 0 Å². The summed E-state index contributed by atoms with van der Waals surface area (Å²) in [7, 11) is -3.55. The normalized spacial score (nSPS) is 16.5. The Balaban J connectivity index is 1.60. The number of hydrogen-bond donors (Lipinski definition) is 1. The molecule has 11 heteroatoms. The molecular formula is C19H27N5O4S2. The molecule has 1 aliphatic heterocycles. The minimum atomic E-state index is -3.55. The van der Waals surface area contributed by atoms with Crippen molar-refractivity contribution in [3.05, 3.63) is 40.8 Å². The maximum Gasteiger partial charge on any atom is 0.343 e. The molecule has 0 unspecified atom stereocenters. The van der Waals surface area contributed by atoms with Gasteiger partial charge in [0.2, 0.25) is 15.9 Å². The standard InChI is InChI=1S/C19H27N5O4S2/c1-3-4-10-24-18(26)20-21-19(24)29-15(2)17(25)22-11-13-23(14-12-22)30(27,28)16-8-6-5-7-9-16/h5-9,15H,3-4,10-14H2,1-2H3,(H,20,26)/t15-/m0/s1. The highest BCUT2D eigenvalue weighted by Crippen LogP contribution is 2.23. The lowest BCUT2D eigenvalue weighted by molar-refractivity contribution is -0.131. The summed E-state index contributed by atoms with van der Waals surface area (Å²) in [6.07, 6.45) is 1.81. The van der Waals surface area contributed by atoms with Gasteiger partial charge in [0.25, 0.3) is 0 Å². The van der Waals surface area contributed by atoms with Crippen LogP contribution in [0.3, 0.4) is 0 Å². The molecule has 1 amide bonds. The lowest BCUT2D eigenvalue weighted by Crippen LogP contribution is -2.52. The predicted octanol–water partition coefficient (Wildman–Crippen LogP) is 1.39. The second kappa shape index (κ2) is 9.80. The van der Waals surface area contributed by atoms with Crippen LogP contribution in [0.15, 0.2) is 45.2 Å². The SMILES string of the molecule is CCCCn1c(S[C@@H](C)C(=O)N2CCN(S(=O)(=O)c3ccccc3)CC2)n[nH]c1=O. The Bertz CT molecular complexity index is 1010. The highest BCUT2D eigenvalue weighted by molar-refractivity contribution is 8.00. The van der Waals surface area contributed by atoms with E-state index in [1.165, 1.54) is 16.1 Å². The number of rotatable bonds is 8. The first kappa shape index (κ1) is 22.6. The van der Waals surface area contributed by atoms with Gasteiger partial charge in [0.1, 0.15) is 0 Å². The van der Waals surface area contributed by atoms with Crippen LogP contribution >= 0.6 is 11.8 Å². The fraction of sp³-hybridized carbons (Fsp3) is 0.526. The van der Waals surface area contributed by atoms with Crippen molar-refractivity contribution in [2.24, 2.45) is 0 Å². The predicted molar refractivity (Wildman–Crippen MR) is 115 cm³/mol. The Morgan fingerprint density at radius 3 is 2.50 bits per heavy atom. The zero-order valence-electron chi connectivity index (χ0n) is 17.2. The van der Waals surface area contributed by atoms with Crippen LogP contribution in [-0.4, -0.2) is 69.7 Å². The van der Waals surface area contributed by atoms with Crippen molar-refractivity contribution < 1.29 is 13.2 Å². The summed E-state index contributed by atoms with van der Waals surface area (Å²) >= 11 is 1.24. The van der Waals surface area contributed by atoms with Crippen molar-refractivity contribution in [1.29, 1.82) is 0 Å². The maximum atomic E-state index is 12.9. The average molecular weight is 454 g/mol. The van der Waals surface area contributed by atoms with E-state index in [2.05, 4.69) is 10.2 Å². The van der Waals surface area contributed by atoms with Gasteiger partial charge in [0.15, 0.2) is 5.16 Å². The molecule has 1 aromatic heterocycles. The van der Waals surface area contributed by atoms with Crippen LogP contribution in [0.25, 0.3) is 0 Å². The van der Waals surface area contributed by atoms with Gasteiger partial charge < -0.3 is 4.90 Å². The van der Waals surface area contributed by atoms with Crippen LogP contribution in [0.2, 0.25) is 0 Å². The van der Waals surface area contributed by atoms with E-state index < -0.39 is 15.3 Å². The monoisotopic (exact) mass is 453 g/mol. The van der Waals surface area contributed by atoms with Crippen LogP contribution in [0.5, 0.6) is 0 Å². The lowest BCUT2D eigenvalue weighted by Gasteiger charge is -2.35. The quantitative estimate of drug-likeness (QED) is 0.605. The van der Waals surface area contributed by atoms with Crippen LogP contribution < -0.4 is 5.69 Å².